The molecule has 0 atom stereocenters. The van der Waals surface area contributed by atoms with Crippen molar-refractivity contribution in [3.05, 3.63) is 47.5 Å². The van der Waals surface area contributed by atoms with Crippen LogP contribution in [0.5, 0.6) is 0 Å². The van der Waals surface area contributed by atoms with Gasteiger partial charge in [0.05, 0.1) is 75.5 Å². The zero-order valence-corrected chi connectivity index (χ0v) is 35.0. The average molecular weight is 745 g/mol. The smallest absolute Gasteiger partial charge is 0.103 e. The van der Waals surface area contributed by atoms with E-state index in [0.29, 0.717) is 43.9 Å². The molecule has 0 saturated carbocycles. The van der Waals surface area contributed by atoms with Crippen LogP contribution < -0.4 is 9.80 Å². The summed E-state index contributed by atoms with van der Waals surface area (Å²) in [7, 11) is 5.22. The van der Waals surface area contributed by atoms with Crippen molar-refractivity contribution in [2.24, 2.45) is 0 Å². The van der Waals surface area contributed by atoms with Crippen molar-refractivity contribution in [1.29, 1.82) is 0 Å². The third kappa shape index (κ3) is 12.6. The molecule has 2 aromatic rings. The number of aliphatic hydroxyl groups excluding tert-OH is 3. The lowest BCUT2D eigenvalue weighted by atomic mass is 9.85. The number of unbranched alkanes of at least 4 members (excludes halogenated alkanes) is 2. The van der Waals surface area contributed by atoms with Gasteiger partial charge in [-0.2, -0.15) is 0 Å². The van der Waals surface area contributed by atoms with Crippen molar-refractivity contribution in [2.45, 2.75) is 78.1 Å². The SMILES string of the molecule is COCC[N+](CCO)(CCO)CCCCN1c2cc(C(C)(C)C)ccc2N(CCCC[N+](CCO)(CCOC)CCOC)c2cc(C(C)(C)C)ccc21. The second-order valence-corrected chi connectivity index (χ2v) is 17.2. The van der Waals surface area contributed by atoms with Gasteiger partial charge < -0.3 is 48.3 Å². The van der Waals surface area contributed by atoms with E-state index in [4.69, 9.17) is 14.2 Å². The number of hydrogen-bond acceptors (Lipinski definition) is 8. The van der Waals surface area contributed by atoms with Crippen molar-refractivity contribution >= 4 is 22.7 Å². The Morgan fingerprint density at radius 3 is 1.11 bits per heavy atom. The topological polar surface area (TPSA) is 94.9 Å². The van der Waals surface area contributed by atoms with Crippen molar-refractivity contribution in [3.63, 3.8) is 0 Å². The van der Waals surface area contributed by atoms with E-state index in [1.54, 1.807) is 21.3 Å². The largest absolute Gasteiger partial charge is 0.391 e. The first-order valence-electron chi connectivity index (χ1n) is 20.1. The van der Waals surface area contributed by atoms with Crippen LogP contribution in [0.3, 0.4) is 0 Å². The van der Waals surface area contributed by atoms with E-state index in [0.717, 1.165) is 76.0 Å². The van der Waals surface area contributed by atoms with Crippen molar-refractivity contribution in [2.75, 3.05) is 136 Å². The molecule has 0 aliphatic carbocycles. The summed E-state index contributed by atoms with van der Waals surface area (Å²) in [5, 5.41) is 29.9. The first-order valence-corrected chi connectivity index (χ1v) is 20.1. The number of nitrogens with zero attached hydrogens (tertiary/aromatic N) is 4. The molecule has 3 N–H and O–H groups in total. The van der Waals surface area contributed by atoms with Gasteiger partial charge in [0, 0.05) is 34.4 Å². The monoisotopic (exact) mass is 745 g/mol. The standard InChI is InChI=1S/C43H76N4O6/c1-42(2,3)36-15-17-39-40(34-36)44(18-10-12-20-46(22-28-48,23-29-49)25-31-51-7)38-16-14-37(43(4,5)6)35-41(38)45(39)19-11-13-21-47(24-30-50,26-32-52-8)27-33-53-9/h14-17,34-35,48-50H,10-13,18-33H2,1-9H3/q+2. The predicted molar refractivity (Wildman–Crippen MR) is 219 cm³/mol. The molecule has 1 aliphatic rings. The molecule has 0 radical (unpaired) electrons. The van der Waals surface area contributed by atoms with Crippen molar-refractivity contribution < 1.29 is 38.5 Å². The van der Waals surface area contributed by atoms with E-state index < -0.39 is 0 Å². The van der Waals surface area contributed by atoms with Gasteiger partial charge in [0.25, 0.3) is 0 Å². The summed E-state index contributed by atoms with van der Waals surface area (Å²) in [6.45, 7) is 24.1. The van der Waals surface area contributed by atoms with E-state index in [1.165, 1.54) is 33.9 Å². The van der Waals surface area contributed by atoms with E-state index in [-0.39, 0.29) is 30.7 Å². The highest BCUT2D eigenvalue weighted by Gasteiger charge is 2.33. The highest BCUT2D eigenvalue weighted by molar-refractivity contribution is 5.94. The van der Waals surface area contributed by atoms with Crippen LogP contribution in [0.15, 0.2) is 36.4 Å². The number of fused-ring (bicyclic) bond motifs is 2. The minimum absolute atomic E-state index is 0.00722. The van der Waals surface area contributed by atoms with E-state index in [1.807, 2.05) is 0 Å². The number of ether oxygens (including phenoxy) is 3. The Morgan fingerprint density at radius 2 is 0.811 bits per heavy atom. The number of quaternary nitrogens is 2. The van der Waals surface area contributed by atoms with E-state index >= 15 is 0 Å². The fourth-order valence-corrected chi connectivity index (χ4v) is 7.88. The van der Waals surface area contributed by atoms with Crippen LogP contribution in [0.25, 0.3) is 0 Å². The molecule has 0 fully saturated rings. The first-order chi connectivity index (χ1) is 25.2. The molecule has 0 bridgehead atoms. The Balaban J connectivity index is 1.99. The lowest BCUT2D eigenvalue weighted by Crippen LogP contribution is -2.54. The van der Waals surface area contributed by atoms with Gasteiger partial charge in [-0.15, -0.1) is 0 Å². The maximum Gasteiger partial charge on any atom is 0.103 e. The van der Waals surface area contributed by atoms with Gasteiger partial charge in [0.2, 0.25) is 0 Å². The summed E-state index contributed by atoms with van der Waals surface area (Å²) in [5.41, 5.74) is 7.66. The normalized spacial score (nSPS) is 13.8. The molecule has 10 nitrogen and oxygen atoms in total. The molecular weight excluding hydrogens is 668 g/mol. The molecule has 0 aromatic heterocycles. The quantitative estimate of drug-likeness (QED) is 0.0845. The third-order valence-corrected chi connectivity index (χ3v) is 11.4. The lowest BCUT2D eigenvalue weighted by Gasteiger charge is -2.42. The number of hydrogen-bond donors (Lipinski definition) is 3. The van der Waals surface area contributed by atoms with E-state index in [9.17, 15) is 15.3 Å². The molecule has 10 heteroatoms. The molecular formula is C43H76N4O6+2. The molecule has 1 aliphatic heterocycles. The van der Waals surface area contributed by atoms with Gasteiger partial charge in [-0.05, 0) is 71.9 Å². The average Bonchev–Trinajstić information content (AvgIpc) is 3.11. The minimum Gasteiger partial charge on any atom is -0.391 e. The van der Waals surface area contributed by atoms with Gasteiger partial charge in [-0.1, -0.05) is 53.7 Å². The van der Waals surface area contributed by atoms with Crippen LogP contribution in [-0.2, 0) is 25.0 Å². The molecule has 0 saturated heterocycles. The van der Waals surface area contributed by atoms with Crippen molar-refractivity contribution in [3.8, 4) is 0 Å². The summed E-state index contributed by atoms with van der Waals surface area (Å²) in [6.07, 6.45) is 4.01. The van der Waals surface area contributed by atoms with Crippen LogP contribution in [0, 0.1) is 0 Å². The molecule has 3 rings (SSSR count). The van der Waals surface area contributed by atoms with Crippen LogP contribution in [0.4, 0.5) is 22.7 Å². The fraction of sp³-hybridized carbons (Fsp3) is 0.721. The third-order valence-electron chi connectivity index (χ3n) is 11.4. The molecule has 0 amide bonds. The minimum atomic E-state index is 0.00722. The second kappa shape index (κ2) is 21.1. The molecule has 0 spiro atoms. The van der Waals surface area contributed by atoms with Gasteiger partial charge in [-0.25, -0.2) is 0 Å². The predicted octanol–water partition coefficient (Wildman–Crippen LogP) is 5.98. The van der Waals surface area contributed by atoms with Crippen LogP contribution in [-0.4, -0.2) is 151 Å². The Kier molecular flexibility index (Phi) is 18.0. The van der Waals surface area contributed by atoms with Crippen LogP contribution >= 0.6 is 0 Å². The fourth-order valence-electron chi connectivity index (χ4n) is 7.88. The first kappa shape index (κ1) is 45.1. The van der Waals surface area contributed by atoms with Crippen LogP contribution in [0.1, 0.15) is 78.4 Å². The summed E-state index contributed by atoms with van der Waals surface area (Å²) in [6, 6.07) is 14.1. The second-order valence-electron chi connectivity index (χ2n) is 17.2. The number of aliphatic hydroxyl groups is 3. The molecule has 2 aromatic carbocycles. The lowest BCUT2D eigenvalue weighted by molar-refractivity contribution is -0.929. The summed E-state index contributed by atoms with van der Waals surface area (Å²) >= 11 is 0. The Morgan fingerprint density at radius 1 is 0.472 bits per heavy atom. The highest BCUT2D eigenvalue weighted by Crippen LogP contribution is 2.50. The summed E-state index contributed by atoms with van der Waals surface area (Å²) in [5.74, 6) is 0. The van der Waals surface area contributed by atoms with Gasteiger partial charge >= 0.3 is 0 Å². The van der Waals surface area contributed by atoms with Crippen molar-refractivity contribution in [1.82, 2.24) is 0 Å². The summed E-state index contributed by atoms with van der Waals surface area (Å²) in [4.78, 5) is 5.10. The zero-order valence-electron chi connectivity index (χ0n) is 35.0. The Labute approximate surface area is 322 Å². The maximum atomic E-state index is 10.0. The van der Waals surface area contributed by atoms with E-state index in [2.05, 4.69) is 87.7 Å². The summed E-state index contributed by atoms with van der Waals surface area (Å²) < 4.78 is 17.9. The van der Waals surface area contributed by atoms with Gasteiger partial charge in [-0.3, -0.25) is 0 Å². The molecule has 302 valence electrons. The van der Waals surface area contributed by atoms with Gasteiger partial charge in [0.1, 0.15) is 39.3 Å². The number of rotatable bonds is 25. The number of benzene rings is 2. The Bertz CT molecular complexity index is 1340. The molecule has 0 unspecified atom stereocenters. The van der Waals surface area contributed by atoms with Crippen LogP contribution in [0.2, 0.25) is 0 Å². The Hall–Kier alpha value is -2.28. The highest BCUT2D eigenvalue weighted by atomic mass is 16.5. The van der Waals surface area contributed by atoms with Gasteiger partial charge in [0.15, 0.2) is 0 Å². The number of anilines is 4. The molecule has 1 heterocycles. The molecule has 53 heavy (non-hydrogen) atoms. The number of methoxy groups -OCH3 is 3. The maximum absolute atomic E-state index is 10.0. The zero-order chi connectivity index (χ0) is 39.1.